The molecule has 1 aromatic carbocycles. The summed E-state index contributed by atoms with van der Waals surface area (Å²) >= 11 is 0. The van der Waals surface area contributed by atoms with E-state index in [4.69, 9.17) is 4.74 Å². The molecule has 0 saturated heterocycles. The van der Waals surface area contributed by atoms with Crippen molar-refractivity contribution in [2.24, 2.45) is 0 Å². The van der Waals surface area contributed by atoms with E-state index in [9.17, 15) is 0 Å². The van der Waals surface area contributed by atoms with Gasteiger partial charge >= 0.3 is 0 Å². The fourth-order valence-corrected chi connectivity index (χ4v) is 2.21. The van der Waals surface area contributed by atoms with Crippen LogP contribution in [0.15, 0.2) is 36.5 Å². The summed E-state index contributed by atoms with van der Waals surface area (Å²) < 4.78 is 5.63. The van der Waals surface area contributed by atoms with Crippen molar-refractivity contribution in [3.05, 3.63) is 53.6 Å². The number of aryl methyl sites for hydroxylation is 1. The average Bonchev–Trinajstić information content (AvgIpc) is 2.51. The van der Waals surface area contributed by atoms with Crippen LogP contribution in [0, 0.1) is 6.92 Å². The van der Waals surface area contributed by atoms with Gasteiger partial charge < -0.3 is 10.1 Å². The lowest BCUT2D eigenvalue weighted by Gasteiger charge is -2.18. The van der Waals surface area contributed by atoms with Crippen molar-refractivity contribution < 1.29 is 4.74 Å². The number of nitrogens with zero attached hydrogens (tertiary/aromatic N) is 2. The molecule has 0 aliphatic heterocycles. The van der Waals surface area contributed by atoms with Crippen LogP contribution in [0.1, 0.15) is 43.4 Å². The van der Waals surface area contributed by atoms with Crippen molar-refractivity contribution in [2.45, 2.75) is 33.2 Å². The summed E-state index contributed by atoms with van der Waals surface area (Å²) in [6, 6.07) is 10.3. The van der Waals surface area contributed by atoms with Crippen LogP contribution in [0.25, 0.3) is 0 Å². The highest BCUT2D eigenvalue weighted by Gasteiger charge is 2.14. The first-order valence-electron chi connectivity index (χ1n) is 7.50. The second kappa shape index (κ2) is 7.74. The number of ether oxygens (including phenoxy) is 1. The molecule has 0 fully saturated rings. The van der Waals surface area contributed by atoms with E-state index in [1.165, 1.54) is 5.56 Å². The second-order valence-electron chi connectivity index (χ2n) is 4.94. The van der Waals surface area contributed by atoms with E-state index in [0.717, 1.165) is 36.8 Å². The lowest BCUT2D eigenvalue weighted by Crippen LogP contribution is -2.23. The first-order chi connectivity index (χ1) is 10.2. The van der Waals surface area contributed by atoms with Crippen molar-refractivity contribution in [1.82, 2.24) is 15.3 Å². The summed E-state index contributed by atoms with van der Waals surface area (Å²) in [4.78, 5) is 8.70. The fraction of sp³-hybridized carbons (Fsp3) is 0.412. The van der Waals surface area contributed by atoms with Crippen LogP contribution in [0.3, 0.4) is 0 Å². The molecule has 2 rings (SSSR count). The molecule has 1 unspecified atom stereocenters. The molecule has 1 aromatic heterocycles. The minimum Gasteiger partial charge on any atom is -0.494 e. The fourth-order valence-electron chi connectivity index (χ4n) is 2.21. The zero-order chi connectivity index (χ0) is 15.1. The lowest BCUT2D eigenvalue weighted by molar-refractivity contribution is 0.317. The van der Waals surface area contributed by atoms with Crippen LogP contribution < -0.4 is 10.1 Å². The maximum absolute atomic E-state index is 5.63. The molecule has 0 radical (unpaired) electrons. The van der Waals surface area contributed by atoms with Crippen LogP contribution in [-0.4, -0.2) is 23.1 Å². The summed E-state index contributed by atoms with van der Waals surface area (Å²) in [6.45, 7) is 7.74. The molecular formula is C17H23N3O. The Balaban J connectivity index is 2.21. The number of hydrogen-bond acceptors (Lipinski definition) is 4. The largest absolute Gasteiger partial charge is 0.494 e. The van der Waals surface area contributed by atoms with Gasteiger partial charge in [0.05, 0.1) is 18.3 Å². The molecule has 0 spiro atoms. The summed E-state index contributed by atoms with van der Waals surface area (Å²) in [5.41, 5.74) is 2.17. The van der Waals surface area contributed by atoms with Gasteiger partial charge in [0.25, 0.3) is 0 Å². The number of aromatic nitrogens is 2. The van der Waals surface area contributed by atoms with Gasteiger partial charge in [0.1, 0.15) is 11.6 Å². The Morgan fingerprint density at radius 2 is 1.90 bits per heavy atom. The summed E-state index contributed by atoms with van der Waals surface area (Å²) in [7, 11) is 0. The molecule has 4 nitrogen and oxygen atoms in total. The normalized spacial score (nSPS) is 12.1. The molecule has 0 bridgehead atoms. The van der Waals surface area contributed by atoms with Gasteiger partial charge in [-0.05, 0) is 43.7 Å². The molecule has 2 aromatic rings. The molecule has 0 amide bonds. The molecule has 1 atom stereocenters. The van der Waals surface area contributed by atoms with Crippen molar-refractivity contribution in [3.63, 3.8) is 0 Å². The average molecular weight is 285 g/mol. The van der Waals surface area contributed by atoms with Gasteiger partial charge in [-0.3, -0.25) is 0 Å². The maximum atomic E-state index is 5.63. The third-order valence-corrected chi connectivity index (χ3v) is 3.19. The Morgan fingerprint density at radius 3 is 2.52 bits per heavy atom. The monoisotopic (exact) mass is 285 g/mol. The quantitative estimate of drug-likeness (QED) is 0.848. The van der Waals surface area contributed by atoms with Crippen LogP contribution in [0.4, 0.5) is 0 Å². The number of hydrogen-bond donors (Lipinski definition) is 1. The molecule has 112 valence electrons. The molecule has 4 heteroatoms. The van der Waals surface area contributed by atoms with Gasteiger partial charge in [0.15, 0.2) is 0 Å². The summed E-state index contributed by atoms with van der Waals surface area (Å²) in [5, 5.41) is 3.47. The molecule has 0 aliphatic carbocycles. The first kappa shape index (κ1) is 15.4. The smallest absolute Gasteiger partial charge is 0.125 e. The van der Waals surface area contributed by atoms with Crippen molar-refractivity contribution in [1.29, 1.82) is 0 Å². The highest BCUT2D eigenvalue weighted by atomic mass is 16.5. The van der Waals surface area contributed by atoms with Crippen molar-refractivity contribution >= 4 is 0 Å². The predicted octanol–water partition coefficient (Wildman–Crippen LogP) is 3.27. The Bertz CT molecular complexity index is 554. The Labute approximate surface area is 126 Å². The first-order valence-corrected chi connectivity index (χ1v) is 7.50. The zero-order valence-corrected chi connectivity index (χ0v) is 13.0. The minimum absolute atomic E-state index is 0.0805. The standard InChI is InChI=1S/C17H23N3O/c1-4-12-21-15-8-6-14(7-9-15)17(18-5-2)16-10-11-19-13(3)20-16/h6-11,17-18H,4-5,12H2,1-3H3. The van der Waals surface area contributed by atoms with Crippen molar-refractivity contribution in [3.8, 4) is 5.75 Å². The van der Waals surface area contributed by atoms with Crippen LogP contribution >= 0.6 is 0 Å². The summed E-state index contributed by atoms with van der Waals surface area (Å²) in [5.74, 6) is 1.70. The van der Waals surface area contributed by atoms with Crippen LogP contribution in [-0.2, 0) is 0 Å². The third-order valence-electron chi connectivity index (χ3n) is 3.19. The van der Waals surface area contributed by atoms with Gasteiger partial charge in [-0.2, -0.15) is 0 Å². The van der Waals surface area contributed by atoms with Gasteiger partial charge in [-0.25, -0.2) is 9.97 Å². The van der Waals surface area contributed by atoms with Gasteiger partial charge in [0.2, 0.25) is 0 Å². The Hall–Kier alpha value is -1.94. The molecule has 0 saturated carbocycles. The molecule has 1 heterocycles. The zero-order valence-electron chi connectivity index (χ0n) is 13.0. The van der Waals surface area contributed by atoms with E-state index < -0.39 is 0 Å². The highest BCUT2D eigenvalue weighted by Crippen LogP contribution is 2.23. The van der Waals surface area contributed by atoms with Gasteiger partial charge in [-0.15, -0.1) is 0 Å². The predicted molar refractivity (Wildman–Crippen MR) is 84.5 cm³/mol. The van der Waals surface area contributed by atoms with Gasteiger partial charge in [0, 0.05) is 6.20 Å². The van der Waals surface area contributed by atoms with Gasteiger partial charge in [-0.1, -0.05) is 26.0 Å². The second-order valence-corrected chi connectivity index (χ2v) is 4.94. The van der Waals surface area contributed by atoms with E-state index >= 15 is 0 Å². The van der Waals surface area contributed by atoms with Crippen LogP contribution in [0.2, 0.25) is 0 Å². The number of benzene rings is 1. The molecule has 1 N–H and O–H groups in total. The maximum Gasteiger partial charge on any atom is 0.125 e. The van der Waals surface area contributed by atoms with E-state index in [2.05, 4.69) is 41.3 Å². The Morgan fingerprint density at radius 1 is 1.14 bits per heavy atom. The topological polar surface area (TPSA) is 47.0 Å². The van der Waals surface area contributed by atoms with E-state index in [0.29, 0.717) is 0 Å². The van der Waals surface area contributed by atoms with E-state index in [1.54, 1.807) is 6.20 Å². The third kappa shape index (κ3) is 4.26. The van der Waals surface area contributed by atoms with E-state index in [1.807, 2.05) is 25.1 Å². The Kier molecular flexibility index (Phi) is 5.69. The highest BCUT2D eigenvalue weighted by molar-refractivity contribution is 5.33. The summed E-state index contributed by atoms with van der Waals surface area (Å²) in [6.07, 6.45) is 2.82. The molecular weight excluding hydrogens is 262 g/mol. The van der Waals surface area contributed by atoms with Crippen LogP contribution in [0.5, 0.6) is 5.75 Å². The molecule has 0 aliphatic rings. The molecule has 21 heavy (non-hydrogen) atoms. The minimum atomic E-state index is 0.0805. The SMILES string of the molecule is CCCOc1ccc(C(NCC)c2ccnc(C)n2)cc1. The lowest BCUT2D eigenvalue weighted by atomic mass is 10.0. The number of nitrogens with one attached hydrogen (secondary N) is 1. The van der Waals surface area contributed by atoms with Crippen molar-refractivity contribution in [2.75, 3.05) is 13.2 Å². The number of rotatable bonds is 7. The van der Waals surface area contributed by atoms with E-state index in [-0.39, 0.29) is 6.04 Å².